The summed E-state index contributed by atoms with van der Waals surface area (Å²) in [6, 6.07) is 15.0. The van der Waals surface area contributed by atoms with Crippen molar-refractivity contribution in [1.82, 2.24) is 9.62 Å². The third-order valence-electron chi connectivity index (χ3n) is 6.51. The third kappa shape index (κ3) is 4.67. The van der Waals surface area contributed by atoms with Gasteiger partial charge in [-0.05, 0) is 63.1 Å². The Hall–Kier alpha value is -2.91. The molecule has 2 amide bonds. The maximum Gasteiger partial charge on any atom is 0.247 e. The Bertz CT molecular complexity index is 1130. The van der Waals surface area contributed by atoms with E-state index in [4.69, 9.17) is 4.74 Å². The van der Waals surface area contributed by atoms with E-state index in [1.807, 2.05) is 6.92 Å². The molecular formula is C25H31N3O5S. The quantitative estimate of drug-likeness (QED) is 0.651. The van der Waals surface area contributed by atoms with Gasteiger partial charge in [0.2, 0.25) is 21.8 Å². The van der Waals surface area contributed by atoms with Gasteiger partial charge in [0, 0.05) is 18.3 Å². The molecule has 1 aliphatic carbocycles. The largest absolute Gasteiger partial charge is 0.494 e. The van der Waals surface area contributed by atoms with Crippen LogP contribution in [0.2, 0.25) is 0 Å². The minimum atomic E-state index is -3.96. The van der Waals surface area contributed by atoms with Crippen LogP contribution in [0.5, 0.6) is 5.75 Å². The molecular weight excluding hydrogens is 454 g/mol. The van der Waals surface area contributed by atoms with E-state index < -0.39 is 21.5 Å². The molecule has 4 rings (SSSR count). The molecule has 182 valence electrons. The highest BCUT2D eigenvalue weighted by atomic mass is 32.2. The first-order chi connectivity index (χ1) is 16.3. The lowest BCUT2D eigenvalue weighted by Crippen LogP contribution is -2.70. The van der Waals surface area contributed by atoms with Gasteiger partial charge in [0.15, 0.2) is 0 Å². The first-order valence-electron chi connectivity index (χ1n) is 11.7. The van der Waals surface area contributed by atoms with E-state index in [0.717, 1.165) is 30.0 Å². The van der Waals surface area contributed by atoms with Gasteiger partial charge in [0.1, 0.15) is 11.3 Å². The van der Waals surface area contributed by atoms with Crippen LogP contribution in [0.3, 0.4) is 0 Å². The third-order valence-corrected chi connectivity index (χ3v) is 8.31. The number of amides is 2. The average molecular weight is 486 g/mol. The van der Waals surface area contributed by atoms with Crippen molar-refractivity contribution < 1.29 is 22.7 Å². The highest BCUT2D eigenvalue weighted by molar-refractivity contribution is 7.89. The van der Waals surface area contributed by atoms with Gasteiger partial charge in [-0.3, -0.25) is 14.5 Å². The van der Waals surface area contributed by atoms with Crippen molar-refractivity contribution in [3.05, 3.63) is 54.6 Å². The topological polar surface area (TPSA) is 96.0 Å². The normalized spacial score (nSPS) is 22.1. The number of hydrogen-bond acceptors (Lipinski definition) is 5. The summed E-state index contributed by atoms with van der Waals surface area (Å²) >= 11 is 0. The Morgan fingerprint density at radius 1 is 1.09 bits per heavy atom. The number of carbonyl (C=O) groups is 2. The van der Waals surface area contributed by atoms with Crippen LogP contribution in [-0.2, 0) is 19.6 Å². The van der Waals surface area contributed by atoms with Gasteiger partial charge in [0.05, 0.1) is 18.0 Å². The smallest absolute Gasteiger partial charge is 0.247 e. The van der Waals surface area contributed by atoms with Crippen LogP contribution in [0, 0.1) is 0 Å². The van der Waals surface area contributed by atoms with Gasteiger partial charge < -0.3 is 10.1 Å². The van der Waals surface area contributed by atoms with Crippen LogP contribution >= 0.6 is 0 Å². The van der Waals surface area contributed by atoms with E-state index >= 15 is 0 Å². The second-order valence-electron chi connectivity index (χ2n) is 8.97. The SMILES string of the molecule is CCOc1ccc(N2C(=O)CN(S(=O)(=O)c3ccccc3)C[C@@]2(C)C(=O)NC2CCCC2)cc1. The van der Waals surface area contributed by atoms with Crippen molar-refractivity contribution in [2.24, 2.45) is 0 Å². The molecule has 2 aliphatic rings. The number of nitrogens with zero attached hydrogens (tertiary/aromatic N) is 2. The van der Waals surface area contributed by atoms with Gasteiger partial charge in [-0.1, -0.05) is 31.0 Å². The van der Waals surface area contributed by atoms with Crippen molar-refractivity contribution in [1.29, 1.82) is 0 Å². The molecule has 2 fully saturated rings. The molecule has 2 aromatic carbocycles. The molecule has 0 aromatic heterocycles. The van der Waals surface area contributed by atoms with Gasteiger partial charge in [-0.25, -0.2) is 8.42 Å². The summed E-state index contributed by atoms with van der Waals surface area (Å²) in [5.41, 5.74) is -0.901. The summed E-state index contributed by atoms with van der Waals surface area (Å²) in [5.74, 6) is -0.158. The number of anilines is 1. The van der Waals surface area contributed by atoms with Crippen LogP contribution in [-0.4, -0.2) is 55.8 Å². The summed E-state index contributed by atoms with van der Waals surface area (Å²) < 4.78 is 33.3. The summed E-state index contributed by atoms with van der Waals surface area (Å²) in [6.45, 7) is 3.53. The fraction of sp³-hybridized carbons (Fsp3) is 0.440. The number of rotatable bonds is 7. The lowest BCUT2D eigenvalue weighted by Gasteiger charge is -2.47. The molecule has 0 unspecified atom stereocenters. The number of sulfonamides is 1. The fourth-order valence-electron chi connectivity index (χ4n) is 4.75. The highest BCUT2D eigenvalue weighted by Crippen LogP contribution is 2.33. The zero-order chi connectivity index (χ0) is 24.3. The van der Waals surface area contributed by atoms with Crippen LogP contribution in [0.4, 0.5) is 5.69 Å². The maximum atomic E-state index is 13.6. The molecule has 0 radical (unpaired) electrons. The molecule has 1 heterocycles. The van der Waals surface area contributed by atoms with E-state index in [-0.39, 0.29) is 29.9 Å². The Labute approximate surface area is 200 Å². The van der Waals surface area contributed by atoms with Crippen molar-refractivity contribution in [3.8, 4) is 5.75 Å². The van der Waals surface area contributed by atoms with Crippen molar-refractivity contribution in [2.45, 2.75) is 56.0 Å². The van der Waals surface area contributed by atoms with Crippen molar-refractivity contribution in [2.75, 3.05) is 24.6 Å². The maximum absolute atomic E-state index is 13.6. The molecule has 0 bridgehead atoms. The van der Waals surface area contributed by atoms with Gasteiger partial charge >= 0.3 is 0 Å². The summed E-state index contributed by atoms with van der Waals surface area (Å²) in [7, 11) is -3.96. The minimum Gasteiger partial charge on any atom is -0.494 e. The van der Waals surface area contributed by atoms with Gasteiger partial charge in [-0.15, -0.1) is 0 Å². The molecule has 8 nitrogen and oxygen atoms in total. The predicted octanol–water partition coefficient (Wildman–Crippen LogP) is 2.94. The molecule has 2 aromatic rings. The summed E-state index contributed by atoms with van der Waals surface area (Å²) in [6.07, 6.45) is 3.84. The monoisotopic (exact) mass is 485 g/mol. The number of ether oxygens (including phenoxy) is 1. The number of benzene rings is 2. The van der Waals surface area contributed by atoms with Crippen molar-refractivity contribution in [3.63, 3.8) is 0 Å². The number of hydrogen-bond donors (Lipinski definition) is 1. The van der Waals surface area contributed by atoms with E-state index in [0.29, 0.717) is 18.0 Å². The Morgan fingerprint density at radius 2 is 1.74 bits per heavy atom. The van der Waals surface area contributed by atoms with Crippen LogP contribution in [0.15, 0.2) is 59.5 Å². The Balaban J connectivity index is 1.70. The molecule has 1 saturated carbocycles. The standard InChI is InChI=1S/C25H31N3O5S/c1-3-33-21-15-13-20(14-16-21)28-23(29)17-27(34(31,32)22-11-5-4-6-12-22)18-25(28,2)24(30)26-19-9-7-8-10-19/h4-6,11-16,19H,3,7-10,17-18H2,1-2H3,(H,26,30)/t25-/m0/s1. The van der Waals surface area contributed by atoms with E-state index in [1.54, 1.807) is 49.4 Å². The summed E-state index contributed by atoms with van der Waals surface area (Å²) in [5, 5.41) is 3.07. The molecule has 1 N–H and O–H groups in total. The zero-order valence-corrected chi connectivity index (χ0v) is 20.4. The first kappa shape index (κ1) is 24.2. The van der Waals surface area contributed by atoms with Crippen molar-refractivity contribution >= 4 is 27.5 Å². The molecule has 9 heteroatoms. The molecule has 1 atom stereocenters. The molecule has 0 spiro atoms. The molecule has 1 aliphatic heterocycles. The molecule has 34 heavy (non-hydrogen) atoms. The highest BCUT2D eigenvalue weighted by Gasteiger charge is 2.51. The van der Waals surface area contributed by atoms with Crippen LogP contribution < -0.4 is 15.0 Å². The van der Waals surface area contributed by atoms with E-state index in [1.165, 1.54) is 17.0 Å². The van der Waals surface area contributed by atoms with Crippen LogP contribution in [0.1, 0.15) is 39.5 Å². The fourth-order valence-corrected chi connectivity index (χ4v) is 6.25. The second-order valence-corrected chi connectivity index (χ2v) is 10.9. The average Bonchev–Trinajstić information content (AvgIpc) is 3.33. The van der Waals surface area contributed by atoms with E-state index in [2.05, 4.69) is 5.32 Å². The van der Waals surface area contributed by atoms with Gasteiger partial charge in [-0.2, -0.15) is 4.31 Å². The predicted molar refractivity (Wildman–Crippen MR) is 129 cm³/mol. The zero-order valence-electron chi connectivity index (χ0n) is 19.6. The minimum absolute atomic E-state index is 0.0303. The van der Waals surface area contributed by atoms with Crippen LogP contribution in [0.25, 0.3) is 0 Å². The summed E-state index contributed by atoms with van der Waals surface area (Å²) in [4.78, 5) is 28.6. The first-order valence-corrected chi connectivity index (χ1v) is 13.1. The van der Waals surface area contributed by atoms with E-state index in [9.17, 15) is 18.0 Å². The lowest BCUT2D eigenvalue weighted by molar-refractivity contribution is -0.133. The Kier molecular flexibility index (Phi) is 6.95. The number of carbonyl (C=O) groups excluding carboxylic acids is 2. The number of nitrogens with one attached hydrogen (secondary N) is 1. The number of piperazine rings is 1. The molecule has 1 saturated heterocycles. The lowest BCUT2D eigenvalue weighted by atomic mass is 9.94. The second kappa shape index (κ2) is 9.76. The van der Waals surface area contributed by atoms with Gasteiger partial charge in [0.25, 0.3) is 0 Å². The Morgan fingerprint density at radius 3 is 2.35 bits per heavy atom.